The van der Waals surface area contributed by atoms with Crippen LogP contribution in [0.25, 0.3) is 0 Å². The molecule has 0 saturated heterocycles. The molecule has 0 aliphatic rings. The molecular formula is C11H13ClN2OS. The van der Waals surface area contributed by atoms with Crippen molar-refractivity contribution in [3.63, 3.8) is 0 Å². The largest absolute Gasteiger partial charge is 0.322 e. The second-order valence-corrected chi connectivity index (χ2v) is 5.00. The lowest BCUT2D eigenvalue weighted by Crippen LogP contribution is -2.36. The quantitative estimate of drug-likeness (QED) is 0.780. The van der Waals surface area contributed by atoms with E-state index in [1.807, 2.05) is 32.2 Å². The summed E-state index contributed by atoms with van der Waals surface area (Å²) in [4.78, 5) is 14.1. The lowest BCUT2D eigenvalue weighted by atomic mass is 10.2. The number of hydrogen-bond acceptors (Lipinski definition) is 3. The van der Waals surface area contributed by atoms with Gasteiger partial charge < -0.3 is 4.90 Å². The van der Waals surface area contributed by atoms with E-state index >= 15 is 0 Å². The standard InChI is InChI=1S/C11H13ClN2OS/c1-7(2)14(5-4-13)11(15)10-9(12)8(3)6-16-10/h6-7H,5H2,1-3H3. The third-order valence-corrected chi connectivity index (χ3v) is 3.90. The summed E-state index contributed by atoms with van der Waals surface area (Å²) in [6, 6.07) is 1.98. The van der Waals surface area contributed by atoms with E-state index in [-0.39, 0.29) is 18.5 Å². The first kappa shape index (κ1) is 13.0. The van der Waals surface area contributed by atoms with E-state index in [1.54, 1.807) is 0 Å². The van der Waals surface area contributed by atoms with Crippen molar-refractivity contribution in [2.24, 2.45) is 0 Å². The zero-order chi connectivity index (χ0) is 12.3. The number of rotatable bonds is 3. The van der Waals surface area contributed by atoms with Gasteiger partial charge in [-0.2, -0.15) is 5.26 Å². The molecule has 0 aliphatic heterocycles. The summed E-state index contributed by atoms with van der Waals surface area (Å²) in [6.07, 6.45) is 0. The fourth-order valence-corrected chi connectivity index (χ4v) is 2.50. The summed E-state index contributed by atoms with van der Waals surface area (Å²) < 4.78 is 0. The lowest BCUT2D eigenvalue weighted by molar-refractivity contribution is 0.0736. The number of aryl methyl sites for hydroxylation is 1. The van der Waals surface area contributed by atoms with Crippen molar-refractivity contribution in [3.8, 4) is 6.07 Å². The number of hydrogen-bond donors (Lipinski definition) is 0. The van der Waals surface area contributed by atoms with Gasteiger partial charge in [-0.3, -0.25) is 4.79 Å². The van der Waals surface area contributed by atoms with Gasteiger partial charge in [0.15, 0.2) is 0 Å². The minimum Gasteiger partial charge on any atom is -0.322 e. The van der Waals surface area contributed by atoms with Crippen LogP contribution in [0, 0.1) is 18.3 Å². The summed E-state index contributed by atoms with van der Waals surface area (Å²) in [5.41, 5.74) is 0.899. The summed E-state index contributed by atoms with van der Waals surface area (Å²) in [6.45, 7) is 5.70. The summed E-state index contributed by atoms with van der Waals surface area (Å²) in [5, 5.41) is 11.0. The van der Waals surface area contributed by atoms with Gasteiger partial charge in [0, 0.05) is 6.04 Å². The van der Waals surface area contributed by atoms with Crippen molar-refractivity contribution in [1.29, 1.82) is 5.26 Å². The Labute approximate surface area is 104 Å². The average molecular weight is 257 g/mol. The van der Waals surface area contributed by atoms with Gasteiger partial charge in [0.2, 0.25) is 0 Å². The van der Waals surface area contributed by atoms with Crippen LogP contribution in [0.2, 0.25) is 5.02 Å². The Morgan fingerprint density at radius 3 is 2.69 bits per heavy atom. The summed E-state index contributed by atoms with van der Waals surface area (Å²) in [7, 11) is 0. The zero-order valence-electron chi connectivity index (χ0n) is 9.45. The van der Waals surface area contributed by atoms with Crippen molar-refractivity contribution >= 4 is 28.8 Å². The first-order valence-electron chi connectivity index (χ1n) is 4.90. The van der Waals surface area contributed by atoms with Crippen LogP contribution in [0.15, 0.2) is 5.38 Å². The Morgan fingerprint density at radius 2 is 2.31 bits per heavy atom. The van der Waals surface area contributed by atoms with E-state index in [4.69, 9.17) is 16.9 Å². The second-order valence-electron chi connectivity index (χ2n) is 3.75. The van der Waals surface area contributed by atoms with Crippen LogP contribution in [0.3, 0.4) is 0 Å². The third-order valence-electron chi connectivity index (χ3n) is 2.22. The van der Waals surface area contributed by atoms with Gasteiger partial charge in [-0.05, 0) is 31.7 Å². The third kappa shape index (κ3) is 2.55. The number of halogens is 1. The Hall–Kier alpha value is -1.05. The molecule has 0 radical (unpaired) electrons. The molecule has 0 saturated carbocycles. The highest BCUT2D eigenvalue weighted by Gasteiger charge is 2.22. The van der Waals surface area contributed by atoms with Crippen LogP contribution in [0.1, 0.15) is 29.1 Å². The highest BCUT2D eigenvalue weighted by atomic mass is 35.5. The minimum atomic E-state index is -0.167. The van der Waals surface area contributed by atoms with Crippen molar-refractivity contribution in [3.05, 3.63) is 20.8 Å². The van der Waals surface area contributed by atoms with Gasteiger partial charge in [0.25, 0.3) is 5.91 Å². The van der Waals surface area contributed by atoms with E-state index in [0.29, 0.717) is 9.90 Å². The van der Waals surface area contributed by atoms with Crippen LogP contribution in [0.4, 0.5) is 0 Å². The van der Waals surface area contributed by atoms with Crippen LogP contribution in [0.5, 0.6) is 0 Å². The predicted molar refractivity (Wildman–Crippen MR) is 65.9 cm³/mol. The molecule has 0 unspecified atom stereocenters. The van der Waals surface area contributed by atoms with E-state index in [1.165, 1.54) is 16.2 Å². The van der Waals surface area contributed by atoms with Crippen LogP contribution >= 0.6 is 22.9 Å². The first-order chi connectivity index (χ1) is 7.49. The topological polar surface area (TPSA) is 44.1 Å². The molecule has 1 aromatic rings. The van der Waals surface area contributed by atoms with E-state index in [2.05, 4.69) is 0 Å². The molecule has 3 nitrogen and oxygen atoms in total. The number of nitriles is 1. The Balaban J connectivity index is 3.00. The Kier molecular flexibility index (Phi) is 4.34. The molecule has 5 heteroatoms. The number of carbonyl (C=O) groups excluding carboxylic acids is 1. The molecule has 1 heterocycles. The van der Waals surface area contributed by atoms with Gasteiger partial charge in [-0.15, -0.1) is 11.3 Å². The number of carbonyl (C=O) groups is 1. The molecule has 0 spiro atoms. The van der Waals surface area contributed by atoms with Gasteiger partial charge >= 0.3 is 0 Å². The average Bonchev–Trinajstić information content (AvgIpc) is 2.55. The zero-order valence-corrected chi connectivity index (χ0v) is 11.0. The normalized spacial score (nSPS) is 10.2. The van der Waals surface area contributed by atoms with E-state index in [9.17, 15) is 4.79 Å². The number of amides is 1. The molecule has 1 rings (SSSR count). The number of nitrogens with zero attached hydrogens (tertiary/aromatic N) is 2. The molecular weight excluding hydrogens is 244 g/mol. The van der Waals surface area contributed by atoms with Crippen molar-refractivity contribution in [2.45, 2.75) is 26.8 Å². The molecule has 16 heavy (non-hydrogen) atoms. The maximum Gasteiger partial charge on any atom is 0.266 e. The van der Waals surface area contributed by atoms with Crippen LogP contribution in [-0.2, 0) is 0 Å². The smallest absolute Gasteiger partial charge is 0.266 e. The molecule has 86 valence electrons. The highest BCUT2D eigenvalue weighted by molar-refractivity contribution is 7.13. The molecule has 1 amide bonds. The lowest BCUT2D eigenvalue weighted by Gasteiger charge is -2.23. The van der Waals surface area contributed by atoms with Gasteiger partial charge in [0.05, 0.1) is 11.1 Å². The minimum absolute atomic E-state index is 0.00868. The second kappa shape index (κ2) is 5.33. The summed E-state index contributed by atoms with van der Waals surface area (Å²) in [5.74, 6) is -0.167. The SMILES string of the molecule is Cc1csc(C(=O)N(CC#N)C(C)C)c1Cl. The molecule has 0 N–H and O–H groups in total. The Bertz CT molecular complexity index is 434. The van der Waals surface area contributed by atoms with E-state index < -0.39 is 0 Å². The maximum absolute atomic E-state index is 12.1. The molecule has 0 fully saturated rings. The Morgan fingerprint density at radius 1 is 1.69 bits per heavy atom. The number of thiophene rings is 1. The molecule has 1 aromatic heterocycles. The van der Waals surface area contributed by atoms with Crippen molar-refractivity contribution in [1.82, 2.24) is 4.90 Å². The predicted octanol–water partition coefficient (Wildman–Crippen LogP) is 3.08. The van der Waals surface area contributed by atoms with Gasteiger partial charge in [-0.1, -0.05) is 11.6 Å². The first-order valence-corrected chi connectivity index (χ1v) is 6.16. The fraction of sp³-hybridized carbons (Fsp3) is 0.455. The summed E-state index contributed by atoms with van der Waals surface area (Å²) >= 11 is 7.36. The molecule has 0 aliphatic carbocycles. The highest BCUT2D eigenvalue weighted by Crippen LogP contribution is 2.28. The van der Waals surface area contributed by atoms with Crippen molar-refractivity contribution < 1.29 is 4.79 Å². The van der Waals surface area contributed by atoms with Crippen molar-refractivity contribution in [2.75, 3.05) is 6.54 Å². The van der Waals surface area contributed by atoms with Gasteiger partial charge in [0.1, 0.15) is 11.4 Å². The fourth-order valence-electron chi connectivity index (χ4n) is 1.27. The van der Waals surface area contributed by atoms with Crippen LogP contribution in [-0.4, -0.2) is 23.4 Å². The van der Waals surface area contributed by atoms with Crippen LogP contribution < -0.4 is 0 Å². The molecule has 0 atom stereocenters. The maximum atomic E-state index is 12.1. The molecule has 0 bridgehead atoms. The monoisotopic (exact) mass is 256 g/mol. The van der Waals surface area contributed by atoms with Gasteiger partial charge in [-0.25, -0.2) is 0 Å². The van der Waals surface area contributed by atoms with E-state index in [0.717, 1.165) is 5.56 Å². The molecule has 0 aromatic carbocycles.